The number of hydrogen-bond donors (Lipinski definition) is 0. The molecule has 0 N–H and O–H groups in total. The largest absolute Gasteiger partial charge is 0.468 e. The predicted octanol–water partition coefficient (Wildman–Crippen LogP) is 4.12. The third kappa shape index (κ3) is 3.91. The van der Waals surface area contributed by atoms with E-state index in [1.54, 1.807) is 4.57 Å². The van der Waals surface area contributed by atoms with Crippen molar-refractivity contribution >= 4 is 39.3 Å². The van der Waals surface area contributed by atoms with Crippen molar-refractivity contribution in [3.05, 3.63) is 50.6 Å². The van der Waals surface area contributed by atoms with Crippen LogP contribution >= 0.6 is 23.1 Å². The van der Waals surface area contributed by atoms with Gasteiger partial charge in [-0.15, -0.1) is 11.3 Å². The Hall–Kier alpha value is -2.16. The first kappa shape index (κ1) is 21.1. The van der Waals surface area contributed by atoms with Crippen LogP contribution in [0, 0.1) is 12.8 Å². The summed E-state index contributed by atoms with van der Waals surface area (Å²) < 4.78 is 12.4. The Morgan fingerprint density at radius 1 is 1.37 bits per heavy atom. The number of carbonyl (C=O) groups is 1. The maximum absolute atomic E-state index is 13.7. The van der Waals surface area contributed by atoms with Crippen LogP contribution in [0.2, 0.25) is 0 Å². The number of thiophene rings is 1. The number of esters is 1. The highest BCUT2D eigenvalue weighted by Crippen LogP contribution is 2.36. The van der Waals surface area contributed by atoms with E-state index in [1.807, 2.05) is 31.2 Å². The molecule has 0 bridgehead atoms. The normalized spacial score (nSPS) is 16.1. The monoisotopic (exact) mass is 444 g/mol. The third-order valence-corrected chi connectivity index (χ3v) is 7.31. The van der Waals surface area contributed by atoms with Crippen LogP contribution in [-0.2, 0) is 27.3 Å². The van der Waals surface area contributed by atoms with Gasteiger partial charge in [-0.1, -0.05) is 43.3 Å². The molecular weight excluding hydrogens is 420 g/mol. The van der Waals surface area contributed by atoms with E-state index < -0.39 is 0 Å². The van der Waals surface area contributed by atoms with Gasteiger partial charge in [0.1, 0.15) is 4.83 Å². The number of nitrogens with zero attached hydrogens (tertiary/aromatic N) is 2. The summed E-state index contributed by atoms with van der Waals surface area (Å²) in [6.45, 7) is 6.78. The summed E-state index contributed by atoms with van der Waals surface area (Å²) in [4.78, 5) is 32.0. The van der Waals surface area contributed by atoms with Crippen molar-refractivity contribution in [3.8, 4) is 5.69 Å². The summed E-state index contributed by atoms with van der Waals surface area (Å²) in [5.41, 5.74) is 2.80. The molecule has 0 radical (unpaired) electrons. The van der Waals surface area contributed by atoms with Gasteiger partial charge in [-0.25, -0.2) is 4.98 Å². The number of rotatable bonds is 5. The fourth-order valence-corrected chi connectivity index (χ4v) is 5.55. The summed E-state index contributed by atoms with van der Waals surface area (Å²) in [6.07, 6.45) is 0.808. The number of hydrogen-bond acceptors (Lipinski definition) is 7. The molecule has 4 rings (SSSR count). The van der Waals surface area contributed by atoms with E-state index in [1.165, 1.54) is 30.2 Å². The van der Waals surface area contributed by atoms with Gasteiger partial charge >= 0.3 is 5.97 Å². The molecule has 158 valence electrons. The van der Waals surface area contributed by atoms with Crippen molar-refractivity contribution in [3.63, 3.8) is 0 Å². The summed E-state index contributed by atoms with van der Waals surface area (Å²) >= 11 is 2.72. The fourth-order valence-electron chi connectivity index (χ4n) is 3.54. The molecule has 0 unspecified atom stereocenters. The fraction of sp³-hybridized carbons (Fsp3) is 0.409. The molecule has 8 heteroatoms. The quantitative estimate of drug-likeness (QED) is 0.335. The topological polar surface area (TPSA) is 70.4 Å². The van der Waals surface area contributed by atoms with Crippen LogP contribution in [-0.4, -0.2) is 34.5 Å². The van der Waals surface area contributed by atoms with E-state index >= 15 is 0 Å². The summed E-state index contributed by atoms with van der Waals surface area (Å²) in [5.74, 6) is 0.0999. The smallest absolute Gasteiger partial charge is 0.316 e. The molecule has 1 aromatic carbocycles. The Bertz CT molecular complexity index is 1150. The van der Waals surface area contributed by atoms with Gasteiger partial charge in [0, 0.05) is 11.3 Å². The average molecular weight is 445 g/mol. The van der Waals surface area contributed by atoms with Gasteiger partial charge in [0.25, 0.3) is 5.56 Å². The first-order valence-corrected chi connectivity index (χ1v) is 11.6. The lowest BCUT2D eigenvalue weighted by atomic mass is 9.96. The zero-order valence-electron chi connectivity index (χ0n) is 17.4. The molecule has 0 aliphatic carbocycles. The van der Waals surface area contributed by atoms with Gasteiger partial charge in [-0.2, -0.15) is 0 Å². The van der Waals surface area contributed by atoms with Crippen molar-refractivity contribution in [2.24, 2.45) is 5.92 Å². The Balaban J connectivity index is 1.90. The highest BCUT2D eigenvalue weighted by molar-refractivity contribution is 7.99. The summed E-state index contributed by atoms with van der Waals surface area (Å²) in [6, 6.07) is 7.75. The molecule has 1 atom stereocenters. The molecule has 0 saturated carbocycles. The van der Waals surface area contributed by atoms with Gasteiger partial charge in [0.15, 0.2) is 5.16 Å². The number of carbonyl (C=O) groups excluding carboxylic acids is 1. The Morgan fingerprint density at radius 2 is 2.10 bits per heavy atom. The number of benzene rings is 1. The third-order valence-electron chi connectivity index (χ3n) is 5.29. The number of fused-ring (bicyclic) bond motifs is 3. The lowest BCUT2D eigenvalue weighted by Gasteiger charge is -2.26. The first-order valence-electron chi connectivity index (χ1n) is 9.84. The Labute approximate surface area is 183 Å². The zero-order chi connectivity index (χ0) is 21.4. The van der Waals surface area contributed by atoms with Crippen LogP contribution in [0.15, 0.2) is 34.2 Å². The van der Waals surface area contributed by atoms with Gasteiger partial charge in [0.2, 0.25) is 0 Å². The Kier molecular flexibility index (Phi) is 5.99. The van der Waals surface area contributed by atoms with E-state index in [9.17, 15) is 9.59 Å². The highest BCUT2D eigenvalue weighted by Gasteiger charge is 2.28. The molecular formula is C22H24N2O4S2. The van der Waals surface area contributed by atoms with E-state index in [2.05, 4.69) is 13.8 Å². The number of ether oxygens (including phenoxy) is 2. The summed E-state index contributed by atoms with van der Waals surface area (Å²) in [5, 5.41) is 1.16. The van der Waals surface area contributed by atoms with Crippen LogP contribution < -0.4 is 5.56 Å². The second kappa shape index (κ2) is 8.53. The molecule has 6 nitrogen and oxygen atoms in total. The van der Waals surface area contributed by atoms with Crippen molar-refractivity contribution in [1.82, 2.24) is 9.55 Å². The van der Waals surface area contributed by atoms with Crippen LogP contribution in [0.3, 0.4) is 0 Å². The predicted molar refractivity (Wildman–Crippen MR) is 120 cm³/mol. The standard InChI is InChI=1S/C22H24N2O4S2/c1-12(2)16-9-15-17(10-28-16)30-20-19(15)21(26)24(14-7-5-13(3)6-8-14)22(23-20)29-11-18(25)27-4/h5-8,12,16H,9-11H2,1-4H3/t16-/m0/s1. The minimum atomic E-state index is -0.358. The maximum atomic E-state index is 13.7. The van der Waals surface area contributed by atoms with E-state index in [0.29, 0.717) is 34.3 Å². The minimum Gasteiger partial charge on any atom is -0.468 e. The van der Waals surface area contributed by atoms with E-state index in [-0.39, 0.29) is 23.4 Å². The lowest BCUT2D eigenvalue weighted by Crippen LogP contribution is -2.28. The maximum Gasteiger partial charge on any atom is 0.316 e. The molecule has 0 fully saturated rings. The summed E-state index contributed by atoms with van der Waals surface area (Å²) in [7, 11) is 1.35. The van der Waals surface area contributed by atoms with E-state index in [0.717, 1.165) is 21.7 Å². The molecule has 1 aliphatic heterocycles. The minimum absolute atomic E-state index is 0.0872. The molecule has 0 saturated heterocycles. The number of aryl methyl sites for hydroxylation is 1. The van der Waals surface area contributed by atoms with Crippen molar-refractivity contribution in [1.29, 1.82) is 0 Å². The molecule has 0 amide bonds. The van der Waals surface area contributed by atoms with Crippen LogP contribution in [0.1, 0.15) is 29.9 Å². The number of methoxy groups -OCH3 is 1. The van der Waals surface area contributed by atoms with Gasteiger partial charge < -0.3 is 9.47 Å². The first-order chi connectivity index (χ1) is 14.4. The van der Waals surface area contributed by atoms with Gasteiger partial charge in [-0.05, 0) is 30.5 Å². The SMILES string of the molecule is COC(=O)CSc1nc2sc3c(c2c(=O)n1-c1ccc(C)cc1)C[C@@H](C(C)C)OC3. The molecule has 2 aromatic heterocycles. The van der Waals surface area contributed by atoms with Crippen LogP contribution in [0.5, 0.6) is 0 Å². The highest BCUT2D eigenvalue weighted by atomic mass is 32.2. The second-order valence-electron chi connectivity index (χ2n) is 7.72. The lowest BCUT2D eigenvalue weighted by molar-refractivity contribution is -0.137. The number of aromatic nitrogens is 2. The second-order valence-corrected chi connectivity index (χ2v) is 9.74. The van der Waals surface area contributed by atoms with Crippen molar-refractivity contribution < 1.29 is 14.3 Å². The van der Waals surface area contributed by atoms with Crippen LogP contribution in [0.4, 0.5) is 0 Å². The molecule has 1 aliphatic rings. The van der Waals surface area contributed by atoms with Crippen LogP contribution in [0.25, 0.3) is 15.9 Å². The van der Waals surface area contributed by atoms with Crippen molar-refractivity contribution in [2.75, 3.05) is 12.9 Å². The Morgan fingerprint density at radius 3 is 2.77 bits per heavy atom. The van der Waals surface area contributed by atoms with Gasteiger partial charge in [-0.3, -0.25) is 14.2 Å². The zero-order valence-corrected chi connectivity index (χ0v) is 19.1. The molecule has 30 heavy (non-hydrogen) atoms. The molecule has 3 heterocycles. The number of thioether (sulfide) groups is 1. The van der Waals surface area contributed by atoms with E-state index in [4.69, 9.17) is 14.5 Å². The van der Waals surface area contributed by atoms with Gasteiger partial charge in [0.05, 0.1) is 36.6 Å². The molecule has 0 spiro atoms. The average Bonchev–Trinajstić information content (AvgIpc) is 3.10. The van der Waals surface area contributed by atoms with Crippen molar-refractivity contribution in [2.45, 2.75) is 45.1 Å². The molecule has 3 aromatic rings.